The molecule has 4 nitrogen and oxygen atoms in total. The SMILES string of the molecule is COCC(N)C(=O)NCC1(C)CC1. The molecule has 4 heteroatoms. The number of amides is 1. The minimum Gasteiger partial charge on any atom is -0.383 e. The zero-order chi connectivity index (χ0) is 9.90. The first kappa shape index (κ1) is 10.5. The maximum atomic E-state index is 11.3. The minimum absolute atomic E-state index is 0.116. The van der Waals surface area contributed by atoms with Crippen molar-refractivity contribution in [1.29, 1.82) is 0 Å². The molecule has 0 saturated heterocycles. The Morgan fingerprint density at radius 1 is 1.69 bits per heavy atom. The first-order valence-corrected chi connectivity index (χ1v) is 4.60. The highest BCUT2D eigenvalue weighted by Gasteiger charge is 2.37. The highest BCUT2D eigenvalue weighted by molar-refractivity contribution is 5.81. The van der Waals surface area contributed by atoms with Crippen molar-refractivity contribution in [3.8, 4) is 0 Å². The van der Waals surface area contributed by atoms with Crippen molar-refractivity contribution in [2.45, 2.75) is 25.8 Å². The molecule has 1 aliphatic carbocycles. The van der Waals surface area contributed by atoms with Crippen LogP contribution in [0.15, 0.2) is 0 Å². The van der Waals surface area contributed by atoms with Crippen LogP contribution in [0.2, 0.25) is 0 Å². The molecular formula is C9H18N2O2. The highest BCUT2D eigenvalue weighted by Crippen LogP contribution is 2.43. The largest absolute Gasteiger partial charge is 0.383 e. The monoisotopic (exact) mass is 186 g/mol. The normalized spacial score (nSPS) is 20.8. The lowest BCUT2D eigenvalue weighted by Crippen LogP contribution is -2.44. The summed E-state index contributed by atoms with van der Waals surface area (Å²) in [4.78, 5) is 11.3. The van der Waals surface area contributed by atoms with E-state index >= 15 is 0 Å². The van der Waals surface area contributed by atoms with Gasteiger partial charge in [-0.05, 0) is 18.3 Å². The summed E-state index contributed by atoms with van der Waals surface area (Å²) in [5.41, 5.74) is 5.88. The standard InChI is InChI=1S/C9H18N2O2/c1-9(3-4-9)6-11-8(12)7(10)5-13-2/h7H,3-6,10H2,1-2H3,(H,11,12). The highest BCUT2D eigenvalue weighted by atomic mass is 16.5. The van der Waals surface area contributed by atoms with E-state index in [4.69, 9.17) is 10.5 Å². The number of nitrogens with two attached hydrogens (primary N) is 1. The van der Waals surface area contributed by atoms with Crippen LogP contribution in [0.5, 0.6) is 0 Å². The molecule has 1 atom stereocenters. The van der Waals surface area contributed by atoms with Gasteiger partial charge in [-0.1, -0.05) is 6.92 Å². The molecule has 3 N–H and O–H groups in total. The minimum atomic E-state index is -0.535. The van der Waals surface area contributed by atoms with Crippen molar-refractivity contribution in [3.63, 3.8) is 0 Å². The van der Waals surface area contributed by atoms with Crippen LogP contribution >= 0.6 is 0 Å². The average Bonchev–Trinajstić information content (AvgIpc) is 2.81. The lowest BCUT2D eigenvalue weighted by molar-refractivity contribution is -0.123. The second-order valence-corrected chi connectivity index (χ2v) is 4.09. The van der Waals surface area contributed by atoms with Gasteiger partial charge < -0.3 is 15.8 Å². The third-order valence-electron chi connectivity index (χ3n) is 2.48. The van der Waals surface area contributed by atoms with E-state index in [1.54, 1.807) is 0 Å². The predicted octanol–water partition coefficient (Wildman–Crippen LogP) is -0.124. The molecule has 1 saturated carbocycles. The topological polar surface area (TPSA) is 64.3 Å². The fourth-order valence-electron chi connectivity index (χ4n) is 1.08. The van der Waals surface area contributed by atoms with E-state index in [9.17, 15) is 4.79 Å². The maximum Gasteiger partial charge on any atom is 0.239 e. The van der Waals surface area contributed by atoms with Gasteiger partial charge in [-0.15, -0.1) is 0 Å². The van der Waals surface area contributed by atoms with Gasteiger partial charge in [0.2, 0.25) is 5.91 Å². The lowest BCUT2D eigenvalue weighted by atomic mass is 10.1. The lowest BCUT2D eigenvalue weighted by Gasteiger charge is -2.13. The Bertz CT molecular complexity index is 190. The van der Waals surface area contributed by atoms with E-state index in [0.29, 0.717) is 5.41 Å². The first-order chi connectivity index (χ1) is 6.07. The quantitative estimate of drug-likeness (QED) is 0.629. The molecule has 0 radical (unpaired) electrons. The molecular weight excluding hydrogens is 168 g/mol. The van der Waals surface area contributed by atoms with Gasteiger partial charge in [0, 0.05) is 13.7 Å². The summed E-state index contributed by atoms with van der Waals surface area (Å²) < 4.78 is 4.79. The van der Waals surface area contributed by atoms with Gasteiger partial charge in [-0.3, -0.25) is 4.79 Å². The zero-order valence-corrected chi connectivity index (χ0v) is 8.30. The van der Waals surface area contributed by atoms with Crippen molar-refractivity contribution in [1.82, 2.24) is 5.32 Å². The van der Waals surface area contributed by atoms with Gasteiger partial charge in [0.05, 0.1) is 6.61 Å². The van der Waals surface area contributed by atoms with Crippen LogP contribution in [0, 0.1) is 5.41 Å². The molecule has 1 unspecified atom stereocenters. The Morgan fingerprint density at radius 3 is 2.77 bits per heavy atom. The molecule has 76 valence electrons. The van der Waals surface area contributed by atoms with Gasteiger partial charge in [-0.2, -0.15) is 0 Å². The Kier molecular flexibility index (Phi) is 3.27. The molecule has 13 heavy (non-hydrogen) atoms. The maximum absolute atomic E-state index is 11.3. The third kappa shape index (κ3) is 3.32. The number of carbonyl (C=O) groups is 1. The van der Waals surface area contributed by atoms with Crippen LogP contribution in [-0.2, 0) is 9.53 Å². The van der Waals surface area contributed by atoms with E-state index in [2.05, 4.69) is 12.2 Å². The van der Waals surface area contributed by atoms with Crippen LogP contribution in [0.4, 0.5) is 0 Å². The first-order valence-electron chi connectivity index (χ1n) is 4.60. The van der Waals surface area contributed by atoms with Crippen LogP contribution < -0.4 is 11.1 Å². The van der Waals surface area contributed by atoms with Gasteiger partial charge in [-0.25, -0.2) is 0 Å². The number of rotatable bonds is 5. The summed E-state index contributed by atoms with van der Waals surface area (Å²) in [7, 11) is 1.54. The summed E-state index contributed by atoms with van der Waals surface area (Å²) in [6.45, 7) is 3.18. The van der Waals surface area contributed by atoms with Crippen molar-refractivity contribution >= 4 is 5.91 Å². The van der Waals surface area contributed by atoms with Crippen LogP contribution in [-0.4, -0.2) is 32.2 Å². The summed E-state index contributed by atoms with van der Waals surface area (Å²) >= 11 is 0. The Balaban J connectivity index is 2.16. The second kappa shape index (κ2) is 4.07. The smallest absolute Gasteiger partial charge is 0.239 e. The van der Waals surface area contributed by atoms with Gasteiger partial charge >= 0.3 is 0 Å². The van der Waals surface area contributed by atoms with Crippen molar-refractivity contribution in [2.75, 3.05) is 20.3 Å². The van der Waals surface area contributed by atoms with Crippen LogP contribution in [0.25, 0.3) is 0 Å². The van der Waals surface area contributed by atoms with E-state index in [1.165, 1.54) is 20.0 Å². The fraction of sp³-hybridized carbons (Fsp3) is 0.889. The second-order valence-electron chi connectivity index (χ2n) is 4.09. The molecule has 0 heterocycles. The number of hydrogen-bond donors (Lipinski definition) is 2. The molecule has 0 aliphatic heterocycles. The van der Waals surface area contributed by atoms with E-state index in [0.717, 1.165) is 6.54 Å². The number of hydrogen-bond acceptors (Lipinski definition) is 3. The van der Waals surface area contributed by atoms with E-state index in [1.807, 2.05) is 0 Å². The molecule has 0 spiro atoms. The number of ether oxygens (including phenoxy) is 1. The van der Waals surface area contributed by atoms with Crippen LogP contribution in [0.3, 0.4) is 0 Å². The Hall–Kier alpha value is -0.610. The number of carbonyl (C=O) groups excluding carboxylic acids is 1. The van der Waals surface area contributed by atoms with Crippen LogP contribution in [0.1, 0.15) is 19.8 Å². The third-order valence-corrected chi connectivity index (χ3v) is 2.48. The molecule has 0 aromatic heterocycles. The molecule has 1 rings (SSSR count). The molecule has 1 amide bonds. The molecule has 0 bridgehead atoms. The van der Waals surface area contributed by atoms with Crippen molar-refractivity contribution in [3.05, 3.63) is 0 Å². The Labute approximate surface area is 78.8 Å². The fourth-order valence-corrected chi connectivity index (χ4v) is 1.08. The molecule has 1 aliphatic rings. The predicted molar refractivity (Wildman–Crippen MR) is 50.2 cm³/mol. The average molecular weight is 186 g/mol. The summed E-state index contributed by atoms with van der Waals surface area (Å²) in [5, 5.41) is 2.83. The molecule has 0 aromatic carbocycles. The Morgan fingerprint density at radius 2 is 2.31 bits per heavy atom. The summed E-state index contributed by atoms with van der Waals surface area (Å²) in [5.74, 6) is -0.116. The van der Waals surface area contributed by atoms with E-state index < -0.39 is 6.04 Å². The number of methoxy groups -OCH3 is 1. The van der Waals surface area contributed by atoms with E-state index in [-0.39, 0.29) is 12.5 Å². The number of nitrogens with one attached hydrogen (secondary N) is 1. The van der Waals surface area contributed by atoms with Crippen molar-refractivity contribution < 1.29 is 9.53 Å². The summed E-state index contributed by atoms with van der Waals surface area (Å²) in [6.07, 6.45) is 2.40. The zero-order valence-electron chi connectivity index (χ0n) is 8.30. The molecule has 0 aromatic rings. The van der Waals surface area contributed by atoms with Crippen molar-refractivity contribution in [2.24, 2.45) is 11.1 Å². The van der Waals surface area contributed by atoms with Gasteiger partial charge in [0.15, 0.2) is 0 Å². The molecule has 1 fully saturated rings. The summed E-state index contributed by atoms with van der Waals surface area (Å²) in [6, 6.07) is -0.535. The van der Waals surface area contributed by atoms with Gasteiger partial charge in [0.1, 0.15) is 6.04 Å². The van der Waals surface area contributed by atoms with Gasteiger partial charge in [0.25, 0.3) is 0 Å².